The van der Waals surface area contributed by atoms with E-state index in [4.69, 9.17) is 23.2 Å². The molecule has 3 saturated heterocycles. The third-order valence-corrected chi connectivity index (χ3v) is 15.2. The highest BCUT2D eigenvalue weighted by Crippen LogP contribution is 2.69. The number of benzene rings is 1. The molecule has 2 saturated carbocycles. The molecule has 7 atom stereocenters. The number of hydrogen-bond acceptors (Lipinski definition) is 7. The minimum absolute atomic E-state index is 0.0342. The van der Waals surface area contributed by atoms with E-state index in [0.717, 1.165) is 11.3 Å². The number of halogens is 6. The lowest BCUT2D eigenvalue weighted by molar-refractivity contribution is -0.285. The van der Waals surface area contributed by atoms with Crippen molar-refractivity contribution in [3.8, 4) is 0 Å². The SMILES string of the molecule is CC[C@H](NC(=O)[C@@H]1C[C@@H](F)CN1C(=O)C1(C(F)(F)F)CC2(CCC2)C1)C(=O)N(C)[C@H]1CCCCNC(=O)[C@H]2CCCN2C(=O)[C@H](Cc2cc(Cl)ccc2Cl)N(C)C(=O)[C@H](CC(C)C)NC1=O. The molecule has 14 nitrogen and oxygen atoms in total. The van der Waals surface area contributed by atoms with Crippen LogP contribution >= 0.6 is 23.2 Å². The molecule has 1 aromatic carbocycles. The van der Waals surface area contributed by atoms with Gasteiger partial charge in [-0.1, -0.05) is 50.4 Å². The van der Waals surface area contributed by atoms with Gasteiger partial charge in [0, 0.05) is 50.1 Å². The lowest BCUT2D eigenvalue weighted by Crippen LogP contribution is -2.66. The molecule has 1 spiro atoms. The third kappa shape index (κ3) is 10.6. The van der Waals surface area contributed by atoms with Gasteiger partial charge in [0.15, 0.2) is 0 Å². The molecule has 3 heterocycles. The maximum atomic E-state index is 15.0. The zero-order valence-electron chi connectivity index (χ0n) is 38.3. The number of nitrogens with zero attached hydrogens (tertiary/aromatic N) is 4. The van der Waals surface area contributed by atoms with E-state index in [9.17, 15) is 46.7 Å². The summed E-state index contributed by atoms with van der Waals surface area (Å²) in [5.74, 6) is -5.35. The van der Waals surface area contributed by atoms with Gasteiger partial charge in [-0.25, -0.2) is 4.39 Å². The average molecular weight is 973 g/mol. The van der Waals surface area contributed by atoms with Gasteiger partial charge >= 0.3 is 6.18 Å². The Bertz CT molecular complexity index is 2030. The van der Waals surface area contributed by atoms with Gasteiger partial charge < -0.3 is 35.6 Å². The third-order valence-electron chi connectivity index (χ3n) is 14.6. The number of carbonyl (C=O) groups is 7. The summed E-state index contributed by atoms with van der Waals surface area (Å²) >= 11 is 12.9. The van der Waals surface area contributed by atoms with Gasteiger partial charge in [0.05, 0.1) is 6.54 Å². The topological polar surface area (TPSA) is 169 Å². The number of carbonyl (C=O) groups excluding carboxylic acids is 7. The molecule has 2 aliphatic carbocycles. The van der Waals surface area contributed by atoms with Gasteiger partial charge in [0.1, 0.15) is 47.8 Å². The molecule has 3 aliphatic heterocycles. The summed E-state index contributed by atoms with van der Waals surface area (Å²) in [5.41, 5.74) is -2.80. The summed E-state index contributed by atoms with van der Waals surface area (Å²) in [6, 6.07) is -2.52. The monoisotopic (exact) mass is 971 g/mol. The van der Waals surface area contributed by atoms with Crippen molar-refractivity contribution < 1.29 is 51.1 Å². The average Bonchev–Trinajstić information content (AvgIpc) is 3.88. The Hall–Kier alpha value is -4.19. The second-order valence-electron chi connectivity index (χ2n) is 19.6. The van der Waals surface area contributed by atoms with Crippen LogP contribution in [-0.4, -0.2) is 143 Å². The number of hydrogen-bond donors (Lipinski definition) is 3. The molecule has 0 unspecified atom stereocenters. The summed E-state index contributed by atoms with van der Waals surface area (Å²) in [4.78, 5) is 104. The molecule has 366 valence electrons. The lowest BCUT2D eigenvalue weighted by atomic mass is 9.44. The smallest absolute Gasteiger partial charge is 0.354 e. The maximum Gasteiger partial charge on any atom is 0.403 e. The van der Waals surface area contributed by atoms with Crippen molar-refractivity contribution in [3.63, 3.8) is 0 Å². The van der Waals surface area contributed by atoms with Crippen molar-refractivity contribution in [2.24, 2.45) is 16.7 Å². The summed E-state index contributed by atoms with van der Waals surface area (Å²) in [6.45, 7) is 5.07. The minimum atomic E-state index is -4.91. The quantitative estimate of drug-likeness (QED) is 0.266. The van der Waals surface area contributed by atoms with E-state index in [1.54, 1.807) is 25.1 Å². The molecule has 66 heavy (non-hydrogen) atoms. The Labute approximate surface area is 393 Å². The second-order valence-corrected chi connectivity index (χ2v) is 20.4. The zero-order valence-corrected chi connectivity index (χ0v) is 39.8. The van der Waals surface area contributed by atoms with Crippen molar-refractivity contribution in [1.82, 2.24) is 35.6 Å². The summed E-state index contributed by atoms with van der Waals surface area (Å²) in [6.07, 6.45) is -4.34. The number of rotatable bonds is 10. The molecule has 0 aromatic heterocycles. The van der Waals surface area contributed by atoms with Crippen LogP contribution in [-0.2, 0) is 40.0 Å². The van der Waals surface area contributed by atoms with Crippen molar-refractivity contribution >= 4 is 64.6 Å². The minimum Gasteiger partial charge on any atom is -0.354 e. The van der Waals surface area contributed by atoms with Gasteiger partial charge in [-0.3, -0.25) is 33.6 Å². The Morgan fingerprint density at radius 2 is 1.68 bits per heavy atom. The summed E-state index contributed by atoms with van der Waals surface area (Å²) in [7, 11) is 2.80. The molecule has 3 N–H and O–H groups in total. The first kappa shape index (κ1) is 51.2. The van der Waals surface area contributed by atoms with Crippen molar-refractivity contribution in [2.75, 3.05) is 33.7 Å². The highest BCUT2D eigenvalue weighted by Gasteiger charge is 2.73. The van der Waals surface area contributed by atoms with Crippen LogP contribution in [0.4, 0.5) is 17.6 Å². The normalized spacial score (nSPS) is 27.7. The fraction of sp³-hybridized carbons (Fsp3) is 0.717. The van der Waals surface area contributed by atoms with E-state index in [0.29, 0.717) is 65.6 Å². The van der Waals surface area contributed by atoms with Crippen molar-refractivity contribution in [1.29, 1.82) is 0 Å². The highest BCUT2D eigenvalue weighted by atomic mass is 35.5. The first-order valence-corrected chi connectivity index (χ1v) is 24.0. The fourth-order valence-electron chi connectivity index (χ4n) is 10.7. The molecule has 0 bridgehead atoms. The molecular formula is C46H63Cl2F4N7O7. The van der Waals surface area contributed by atoms with E-state index < -0.39 is 121 Å². The molecule has 6 rings (SSSR count). The zero-order chi connectivity index (χ0) is 48.5. The van der Waals surface area contributed by atoms with Crippen LogP contribution < -0.4 is 16.0 Å². The largest absolute Gasteiger partial charge is 0.403 e. The van der Waals surface area contributed by atoms with Crippen molar-refractivity contribution in [2.45, 2.75) is 159 Å². The van der Waals surface area contributed by atoms with Crippen LogP contribution in [0.3, 0.4) is 0 Å². The Kier molecular flexibility index (Phi) is 16.0. The predicted octanol–water partition coefficient (Wildman–Crippen LogP) is 5.36. The fourth-order valence-corrected chi connectivity index (χ4v) is 11.1. The standard InChI is InChI=1S/C46H63Cl2F4N7O7/c1-6-31(54-39(62)35-22-29(49)23-59(35)43(66)45(46(50,51)52)24-44(25-45)15-10-16-44)40(63)56(4)33-11-7-8-17-53-37(60)34-12-9-18-58(34)42(65)36(21-27-20-28(47)13-14-30(27)48)57(5)41(64)32(19-26(2)3)55-38(33)61/h13-14,20,26,29,31-36H,6-12,15-19,21-25H2,1-5H3,(H,53,60)(H,54,62)(H,55,61)/t29-,31+,32+,33+,34-,35+,36+/m1/s1. The molecule has 1 aromatic rings. The molecular weight excluding hydrogens is 909 g/mol. The van der Waals surface area contributed by atoms with Gasteiger partial charge in [0.2, 0.25) is 41.4 Å². The second kappa shape index (κ2) is 20.6. The molecule has 7 amide bonds. The van der Waals surface area contributed by atoms with Crippen LogP contribution in [0.1, 0.15) is 110 Å². The molecule has 20 heteroatoms. The van der Waals surface area contributed by atoms with Gasteiger partial charge in [-0.2, -0.15) is 13.2 Å². The van der Waals surface area contributed by atoms with Gasteiger partial charge in [-0.05, 0) is 106 Å². The first-order chi connectivity index (χ1) is 31.0. The van der Waals surface area contributed by atoms with Crippen LogP contribution in [0, 0.1) is 16.7 Å². The van der Waals surface area contributed by atoms with E-state index in [-0.39, 0.29) is 44.1 Å². The molecule has 5 fully saturated rings. The maximum absolute atomic E-state index is 15.0. The number of fused-ring (bicyclic) bond motifs is 1. The van der Waals surface area contributed by atoms with E-state index in [2.05, 4.69) is 16.0 Å². The lowest BCUT2D eigenvalue weighted by Gasteiger charge is -2.60. The number of amides is 7. The van der Waals surface area contributed by atoms with Crippen LogP contribution in [0.5, 0.6) is 0 Å². The first-order valence-electron chi connectivity index (χ1n) is 23.2. The van der Waals surface area contributed by atoms with Gasteiger partial charge in [0.25, 0.3) is 0 Å². The van der Waals surface area contributed by atoms with E-state index in [1.165, 1.54) is 23.9 Å². The number of alkyl halides is 4. The Morgan fingerprint density at radius 1 is 0.985 bits per heavy atom. The van der Waals surface area contributed by atoms with Crippen LogP contribution in [0.25, 0.3) is 0 Å². The highest BCUT2D eigenvalue weighted by molar-refractivity contribution is 6.33. The molecule has 0 radical (unpaired) electrons. The van der Waals surface area contributed by atoms with E-state index in [1.807, 2.05) is 13.8 Å². The van der Waals surface area contributed by atoms with E-state index >= 15 is 4.39 Å². The van der Waals surface area contributed by atoms with Crippen LogP contribution in [0.15, 0.2) is 18.2 Å². The predicted molar refractivity (Wildman–Crippen MR) is 238 cm³/mol. The number of likely N-dealkylation sites (tertiary alicyclic amines) is 1. The number of likely N-dealkylation sites (N-methyl/N-ethyl adjacent to an activating group) is 2. The summed E-state index contributed by atoms with van der Waals surface area (Å²) in [5, 5.41) is 8.97. The Morgan fingerprint density at radius 3 is 2.30 bits per heavy atom. The van der Waals surface area contributed by atoms with Crippen LogP contribution in [0.2, 0.25) is 10.0 Å². The number of nitrogens with one attached hydrogen (secondary N) is 3. The van der Waals surface area contributed by atoms with Crippen molar-refractivity contribution in [3.05, 3.63) is 33.8 Å². The molecule has 5 aliphatic rings. The van der Waals surface area contributed by atoms with Gasteiger partial charge in [-0.15, -0.1) is 0 Å². The Balaban J connectivity index is 1.23. The summed E-state index contributed by atoms with van der Waals surface area (Å²) < 4.78 is 58.9.